The van der Waals surface area contributed by atoms with Gasteiger partial charge in [-0.2, -0.15) is 0 Å². The molecular weight excluding hydrogens is 328 g/mol. The largest absolute Gasteiger partial charge is 0.399 e. The van der Waals surface area contributed by atoms with Crippen molar-refractivity contribution in [1.29, 1.82) is 0 Å². The predicted molar refractivity (Wildman–Crippen MR) is 90.1 cm³/mol. The molecule has 0 unspecified atom stereocenters. The summed E-state index contributed by atoms with van der Waals surface area (Å²) in [4.78, 5) is 14.5. The molecule has 21 heavy (non-hydrogen) atoms. The van der Waals surface area contributed by atoms with Crippen LogP contribution in [-0.4, -0.2) is 17.4 Å². The maximum Gasteiger partial charge on any atom is 0.255 e. The molecule has 3 nitrogen and oxygen atoms in total. The molecule has 0 aliphatic carbocycles. The van der Waals surface area contributed by atoms with Crippen molar-refractivity contribution in [2.45, 2.75) is 20.4 Å². The molecule has 0 saturated heterocycles. The van der Waals surface area contributed by atoms with Gasteiger partial charge in [0.15, 0.2) is 0 Å². The number of amides is 1. The Labute approximate surface area is 133 Å². The van der Waals surface area contributed by atoms with Crippen LogP contribution in [0, 0.1) is 6.92 Å². The number of carbonyl (C=O) groups excluding carboxylic acids is 1. The number of nitrogens with zero attached hydrogens (tertiary/aromatic N) is 1. The molecule has 2 N–H and O–H groups in total. The summed E-state index contributed by atoms with van der Waals surface area (Å²) in [7, 11) is 0. The van der Waals surface area contributed by atoms with Crippen LogP contribution in [0.3, 0.4) is 0 Å². The van der Waals surface area contributed by atoms with Crippen molar-refractivity contribution in [1.82, 2.24) is 4.90 Å². The molecule has 0 fully saturated rings. The monoisotopic (exact) mass is 346 g/mol. The first kappa shape index (κ1) is 15.6. The second-order valence-electron chi connectivity index (χ2n) is 4.99. The number of halogens is 1. The highest BCUT2D eigenvalue weighted by molar-refractivity contribution is 9.10. The Balaban J connectivity index is 2.27. The summed E-state index contributed by atoms with van der Waals surface area (Å²) in [5.74, 6) is -0.0140. The van der Waals surface area contributed by atoms with E-state index in [1.807, 2.05) is 30.0 Å². The van der Waals surface area contributed by atoms with Gasteiger partial charge in [-0.15, -0.1) is 0 Å². The fraction of sp³-hybridized carbons (Fsp3) is 0.235. The zero-order valence-corrected chi connectivity index (χ0v) is 13.9. The highest BCUT2D eigenvalue weighted by atomic mass is 79.9. The average Bonchev–Trinajstić information content (AvgIpc) is 2.48. The molecule has 0 radical (unpaired) electrons. The van der Waals surface area contributed by atoms with Crippen LogP contribution in [0.4, 0.5) is 5.69 Å². The predicted octanol–water partition coefficient (Wildman–Crippen LogP) is 4.00. The number of nitrogen functional groups attached to an aromatic ring is 1. The zero-order valence-electron chi connectivity index (χ0n) is 12.3. The van der Waals surface area contributed by atoms with Crippen LogP contribution < -0.4 is 5.73 Å². The second kappa shape index (κ2) is 6.76. The molecule has 2 rings (SSSR count). The first-order valence-corrected chi connectivity index (χ1v) is 7.71. The van der Waals surface area contributed by atoms with Crippen molar-refractivity contribution in [2.75, 3.05) is 12.3 Å². The summed E-state index contributed by atoms with van der Waals surface area (Å²) >= 11 is 3.43. The minimum Gasteiger partial charge on any atom is -0.399 e. The van der Waals surface area contributed by atoms with Crippen LogP contribution in [0.15, 0.2) is 46.9 Å². The highest BCUT2D eigenvalue weighted by Crippen LogP contribution is 2.22. The molecule has 1 amide bonds. The topological polar surface area (TPSA) is 46.3 Å². The number of nitrogens with two attached hydrogens (primary N) is 1. The van der Waals surface area contributed by atoms with Gasteiger partial charge in [0.2, 0.25) is 0 Å². The van der Waals surface area contributed by atoms with Crippen molar-refractivity contribution in [2.24, 2.45) is 0 Å². The molecular formula is C17H19BrN2O. The Morgan fingerprint density at radius 3 is 2.62 bits per heavy atom. The van der Waals surface area contributed by atoms with Gasteiger partial charge >= 0.3 is 0 Å². The molecule has 0 saturated carbocycles. The lowest BCUT2D eigenvalue weighted by Crippen LogP contribution is -2.30. The van der Waals surface area contributed by atoms with Gasteiger partial charge in [-0.25, -0.2) is 0 Å². The molecule has 2 aromatic carbocycles. The van der Waals surface area contributed by atoms with Crippen LogP contribution in [-0.2, 0) is 6.54 Å². The Morgan fingerprint density at radius 1 is 1.24 bits per heavy atom. The van der Waals surface area contributed by atoms with Gasteiger partial charge in [0.1, 0.15) is 0 Å². The van der Waals surface area contributed by atoms with Gasteiger partial charge in [-0.1, -0.05) is 24.3 Å². The third kappa shape index (κ3) is 3.64. The number of hydrogen-bond donors (Lipinski definition) is 1. The maximum absolute atomic E-state index is 12.7. The van der Waals surface area contributed by atoms with Crippen molar-refractivity contribution in [3.8, 4) is 0 Å². The number of anilines is 1. The Hall–Kier alpha value is -1.81. The van der Waals surface area contributed by atoms with E-state index < -0.39 is 0 Å². The number of carbonyl (C=O) groups is 1. The van der Waals surface area contributed by atoms with E-state index in [4.69, 9.17) is 5.73 Å². The van der Waals surface area contributed by atoms with E-state index in [1.54, 1.807) is 12.1 Å². The Kier molecular flexibility index (Phi) is 5.02. The van der Waals surface area contributed by atoms with E-state index in [1.165, 1.54) is 5.56 Å². The van der Waals surface area contributed by atoms with E-state index >= 15 is 0 Å². The maximum atomic E-state index is 12.7. The SMILES string of the molecule is CCN(Cc1ccccc1C)C(=O)c1cc(N)ccc1Br. The lowest BCUT2D eigenvalue weighted by atomic mass is 10.1. The van der Waals surface area contributed by atoms with E-state index in [0.717, 1.165) is 10.0 Å². The third-order valence-corrected chi connectivity index (χ3v) is 4.20. The minimum absolute atomic E-state index is 0.0140. The van der Waals surface area contributed by atoms with Crippen molar-refractivity contribution >= 4 is 27.5 Å². The number of rotatable bonds is 4. The van der Waals surface area contributed by atoms with Gasteiger partial charge in [-0.3, -0.25) is 4.79 Å². The van der Waals surface area contributed by atoms with Crippen LogP contribution in [0.2, 0.25) is 0 Å². The molecule has 0 aliphatic rings. The van der Waals surface area contributed by atoms with Gasteiger partial charge in [0.25, 0.3) is 5.91 Å². The van der Waals surface area contributed by atoms with E-state index in [0.29, 0.717) is 24.3 Å². The fourth-order valence-electron chi connectivity index (χ4n) is 2.20. The van der Waals surface area contributed by atoms with Gasteiger partial charge in [0, 0.05) is 23.2 Å². The molecule has 0 spiro atoms. The summed E-state index contributed by atoms with van der Waals surface area (Å²) in [5, 5.41) is 0. The second-order valence-corrected chi connectivity index (χ2v) is 5.84. The quantitative estimate of drug-likeness (QED) is 0.850. The number of aryl methyl sites for hydroxylation is 1. The van der Waals surface area contributed by atoms with Crippen molar-refractivity contribution in [3.05, 3.63) is 63.6 Å². The first-order valence-electron chi connectivity index (χ1n) is 6.91. The number of benzene rings is 2. The zero-order chi connectivity index (χ0) is 15.4. The normalized spacial score (nSPS) is 10.4. The minimum atomic E-state index is -0.0140. The Morgan fingerprint density at radius 2 is 1.95 bits per heavy atom. The number of hydrogen-bond acceptors (Lipinski definition) is 2. The lowest BCUT2D eigenvalue weighted by Gasteiger charge is -2.22. The molecule has 0 atom stereocenters. The summed E-state index contributed by atoms with van der Waals surface area (Å²) in [5.41, 5.74) is 9.34. The summed E-state index contributed by atoms with van der Waals surface area (Å²) in [6.07, 6.45) is 0. The van der Waals surface area contributed by atoms with Crippen LogP contribution in [0.1, 0.15) is 28.4 Å². The fourth-order valence-corrected chi connectivity index (χ4v) is 2.61. The third-order valence-electron chi connectivity index (χ3n) is 3.51. The van der Waals surface area contributed by atoms with E-state index in [-0.39, 0.29) is 5.91 Å². The molecule has 0 bridgehead atoms. The standard InChI is InChI=1S/C17H19BrN2O/c1-3-20(11-13-7-5-4-6-12(13)2)17(21)15-10-14(19)8-9-16(15)18/h4-10H,3,11,19H2,1-2H3. The van der Waals surface area contributed by atoms with E-state index in [9.17, 15) is 4.79 Å². The first-order chi connectivity index (χ1) is 10.0. The summed E-state index contributed by atoms with van der Waals surface area (Å²) < 4.78 is 0.768. The summed E-state index contributed by atoms with van der Waals surface area (Å²) in [6.45, 7) is 5.29. The van der Waals surface area contributed by atoms with Crippen molar-refractivity contribution < 1.29 is 4.79 Å². The van der Waals surface area contributed by atoms with Crippen LogP contribution >= 0.6 is 15.9 Å². The Bertz CT molecular complexity index is 655. The smallest absolute Gasteiger partial charge is 0.255 e. The van der Waals surface area contributed by atoms with Crippen molar-refractivity contribution in [3.63, 3.8) is 0 Å². The molecule has 0 heterocycles. The van der Waals surface area contributed by atoms with Crippen LogP contribution in [0.5, 0.6) is 0 Å². The van der Waals surface area contributed by atoms with Gasteiger partial charge < -0.3 is 10.6 Å². The molecule has 0 aliphatic heterocycles. The summed E-state index contributed by atoms with van der Waals surface area (Å²) in [6, 6.07) is 13.4. The van der Waals surface area contributed by atoms with Crippen LogP contribution in [0.25, 0.3) is 0 Å². The molecule has 4 heteroatoms. The average molecular weight is 347 g/mol. The molecule has 110 valence electrons. The lowest BCUT2D eigenvalue weighted by molar-refractivity contribution is 0.0751. The van der Waals surface area contributed by atoms with E-state index in [2.05, 4.69) is 35.0 Å². The highest BCUT2D eigenvalue weighted by Gasteiger charge is 2.18. The van der Waals surface area contributed by atoms with Gasteiger partial charge in [-0.05, 0) is 59.1 Å². The van der Waals surface area contributed by atoms with Gasteiger partial charge in [0.05, 0.1) is 5.56 Å². The molecule has 2 aromatic rings. The molecule has 0 aromatic heterocycles.